The molecule has 0 fully saturated rings. The lowest BCUT2D eigenvalue weighted by atomic mass is 10.0. The smallest absolute Gasteiger partial charge is 0.164 e. The highest BCUT2D eigenvalue weighted by atomic mass is 16.3. The van der Waals surface area contributed by atoms with E-state index >= 15 is 0 Å². The van der Waals surface area contributed by atoms with E-state index in [9.17, 15) is 0 Å². The molecule has 14 aromatic rings. The molecule has 0 N–H and O–H groups in total. The normalized spacial score (nSPS) is 12.1. The van der Waals surface area contributed by atoms with Crippen LogP contribution in [0.25, 0.3) is 133 Å². The molecule has 14 rings (SSSR count). The van der Waals surface area contributed by atoms with Gasteiger partial charge in [-0.2, -0.15) is 0 Å². The molecular weight excluding hydrogens is 787 g/mol. The van der Waals surface area contributed by atoms with Crippen molar-refractivity contribution in [2.24, 2.45) is 0 Å². The predicted molar refractivity (Wildman–Crippen MR) is 259 cm³/mol. The zero-order chi connectivity index (χ0) is 41.9. The first-order valence-corrected chi connectivity index (χ1v) is 21.4. The van der Waals surface area contributed by atoms with Crippen molar-refractivity contribution < 1.29 is 8.83 Å². The van der Waals surface area contributed by atoms with Crippen molar-refractivity contribution >= 4 is 87.5 Å². The highest BCUT2D eigenvalue weighted by molar-refractivity contribution is 6.19. The van der Waals surface area contributed by atoms with E-state index in [-0.39, 0.29) is 0 Å². The summed E-state index contributed by atoms with van der Waals surface area (Å²) in [5.74, 6) is 1.69. The minimum absolute atomic E-state index is 0.562. The summed E-state index contributed by atoms with van der Waals surface area (Å²) in [7, 11) is 0. The Kier molecular flexibility index (Phi) is 7.27. The van der Waals surface area contributed by atoms with E-state index in [0.29, 0.717) is 17.5 Å². The average Bonchev–Trinajstić information content (AvgIpc) is 4.11. The molecule has 0 atom stereocenters. The third-order valence-electron chi connectivity index (χ3n) is 12.8. The average molecular weight is 820 g/mol. The fourth-order valence-corrected chi connectivity index (χ4v) is 9.99. The van der Waals surface area contributed by atoms with Crippen LogP contribution in [-0.2, 0) is 0 Å². The third-order valence-corrected chi connectivity index (χ3v) is 12.8. The van der Waals surface area contributed by atoms with Gasteiger partial charge in [-0.3, -0.25) is 0 Å². The lowest BCUT2D eigenvalue weighted by molar-refractivity contribution is 0.668. The van der Waals surface area contributed by atoms with Crippen molar-refractivity contribution in [3.63, 3.8) is 0 Å². The van der Waals surface area contributed by atoms with E-state index in [2.05, 4.69) is 149 Å². The molecule has 0 aliphatic heterocycles. The zero-order valence-corrected chi connectivity index (χ0v) is 34.1. The molecule has 5 aromatic heterocycles. The number of nitrogens with zero attached hydrogens (tertiary/aromatic N) is 5. The van der Waals surface area contributed by atoms with Crippen LogP contribution in [0.4, 0.5) is 0 Å². The molecule has 0 saturated carbocycles. The van der Waals surface area contributed by atoms with Crippen LogP contribution in [0.2, 0.25) is 0 Å². The van der Waals surface area contributed by atoms with Crippen LogP contribution in [0.1, 0.15) is 0 Å². The topological polar surface area (TPSA) is 74.8 Å². The van der Waals surface area contributed by atoms with E-state index in [0.717, 1.165) is 83.0 Å². The zero-order valence-electron chi connectivity index (χ0n) is 34.1. The van der Waals surface area contributed by atoms with Gasteiger partial charge in [0.25, 0.3) is 0 Å². The van der Waals surface area contributed by atoms with Crippen LogP contribution in [0.5, 0.6) is 0 Å². The molecule has 0 radical (unpaired) electrons. The van der Waals surface area contributed by atoms with Gasteiger partial charge in [-0.05, 0) is 84.9 Å². The summed E-state index contributed by atoms with van der Waals surface area (Å²) in [5.41, 5.74) is 12.6. The second-order valence-corrected chi connectivity index (χ2v) is 16.3. The summed E-state index contributed by atoms with van der Waals surface area (Å²) in [4.78, 5) is 15.8. The summed E-state index contributed by atoms with van der Waals surface area (Å²) < 4.78 is 17.4. The van der Waals surface area contributed by atoms with Crippen molar-refractivity contribution in [3.05, 3.63) is 200 Å². The molecule has 0 saturated heterocycles. The predicted octanol–water partition coefficient (Wildman–Crippen LogP) is 14.9. The molecule has 9 aromatic carbocycles. The van der Waals surface area contributed by atoms with E-state index in [4.69, 9.17) is 23.8 Å². The number of hydrogen-bond donors (Lipinski definition) is 0. The Bertz CT molecular complexity index is 4060. The van der Waals surface area contributed by atoms with Gasteiger partial charge in [-0.25, -0.2) is 15.0 Å². The monoisotopic (exact) mass is 819 g/mol. The first kappa shape index (κ1) is 34.9. The second kappa shape index (κ2) is 13.3. The van der Waals surface area contributed by atoms with Gasteiger partial charge in [-0.1, -0.05) is 115 Å². The van der Waals surface area contributed by atoms with Crippen molar-refractivity contribution in [2.75, 3.05) is 0 Å². The van der Waals surface area contributed by atoms with Gasteiger partial charge in [0, 0.05) is 71.2 Å². The van der Waals surface area contributed by atoms with E-state index < -0.39 is 0 Å². The molecule has 0 spiro atoms. The van der Waals surface area contributed by atoms with Crippen molar-refractivity contribution in [3.8, 4) is 45.5 Å². The Morgan fingerprint density at radius 2 is 0.719 bits per heavy atom. The molecule has 5 heterocycles. The minimum Gasteiger partial charge on any atom is -0.456 e. The summed E-state index contributed by atoms with van der Waals surface area (Å²) in [6, 6.07) is 69.7. The molecular formula is C57H33N5O2. The Morgan fingerprint density at radius 1 is 0.297 bits per heavy atom. The summed E-state index contributed by atoms with van der Waals surface area (Å²) >= 11 is 0. The minimum atomic E-state index is 0.562. The first-order valence-electron chi connectivity index (χ1n) is 21.4. The number of fused-ring (bicyclic) bond motifs is 12. The van der Waals surface area contributed by atoms with Crippen LogP contribution in [0.3, 0.4) is 0 Å². The Labute approximate surface area is 364 Å². The summed E-state index contributed by atoms with van der Waals surface area (Å²) in [6.07, 6.45) is 0. The van der Waals surface area contributed by atoms with Gasteiger partial charge in [0.2, 0.25) is 0 Å². The molecule has 0 bridgehead atoms. The van der Waals surface area contributed by atoms with E-state index in [1.54, 1.807) is 0 Å². The van der Waals surface area contributed by atoms with Gasteiger partial charge in [-0.15, -0.1) is 0 Å². The molecule has 7 heteroatoms. The lowest BCUT2D eigenvalue weighted by Crippen LogP contribution is -2.01. The maximum absolute atomic E-state index is 6.33. The molecule has 64 heavy (non-hydrogen) atoms. The number of furan rings is 2. The van der Waals surface area contributed by atoms with Gasteiger partial charge in [0.05, 0.1) is 22.1 Å². The van der Waals surface area contributed by atoms with Crippen molar-refractivity contribution in [2.45, 2.75) is 0 Å². The van der Waals surface area contributed by atoms with Gasteiger partial charge < -0.3 is 18.0 Å². The number of rotatable bonds is 5. The first-order chi connectivity index (χ1) is 31.7. The second-order valence-electron chi connectivity index (χ2n) is 16.3. The Hall–Kier alpha value is -8.81. The largest absolute Gasteiger partial charge is 0.456 e. The van der Waals surface area contributed by atoms with E-state index in [1.165, 1.54) is 32.6 Å². The summed E-state index contributed by atoms with van der Waals surface area (Å²) in [6.45, 7) is 0. The third kappa shape index (κ3) is 5.06. The quantitative estimate of drug-likeness (QED) is 0.173. The molecule has 7 nitrogen and oxygen atoms in total. The van der Waals surface area contributed by atoms with Crippen LogP contribution >= 0.6 is 0 Å². The van der Waals surface area contributed by atoms with Crippen molar-refractivity contribution in [1.29, 1.82) is 0 Å². The van der Waals surface area contributed by atoms with Crippen LogP contribution in [-0.4, -0.2) is 24.1 Å². The summed E-state index contributed by atoms with van der Waals surface area (Å²) in [5, 5.41) is 8.78. The van der Waals surface area contributed by atoms with Gasteiger partial charge >= 0.3 is 0 Å². The Morgan fingerprint density at radius 3 is 1.25 bits per heavy atom. The molecule has 0 aliphatic carbocycles. The number of para-hydroxylation sites is 5. The maximum Gasteiger partial charge on any atom is 0.164 e. The number of aromatic nitrogens is 5. The number of hydrogen-bond acceptors (Lipinski definition) is 5. The molecule has 298 valence electrons. The van der Waals surface area contributed by atoms with Crippen LogP contribution in [0.15, 0.2) is 209 Å². The van der Waals surface area contributed by atoms with Crippen LogP contribution in [0, 0.1) is 0 Å². The standard InChI is InChI=1S/C57H33N5O2/c1-2-14-35(15-3-1)61-45-22-8-4-16-37(45)43-33-48-44(32-47(43)61)38-17-5-9-23-46(38)62(48)36-30-28-34(29-31-36)55-58-56(41-20-12-26-51-53(41)39-18-6-10-24-49(39)63-51)60-57(59-55)42-21-13-27-52-54(42)40-19-7-11-25-50(40)64-52/h1-33H. The molecule has 0 aliphatic rings. The fraction of sp³-hybridized carbons (Fsp3) is 0. The fourth-order valence-electron chi connectivity index (χ4n) is 9.99. The SMILES string of the molecule is c1ccc(-n2c3ccccc3c3cc4c(cc32)c2ccccc2n4-c2ccc(-c3nc(-c4cccc5oc6ccccc6c45)nc(-c4cccc5oc6ccccc6c45)n3)cc2)cc1. The Balaban J connectivity index is 0.975. The highest BCUT2D eigenvalue weighted by Gasteiger charge is 2.22. The maximum atomic E-state index is 6.33. The molecule has 0 amide bonds. The van der Waals surface area contributed by atoms with Gasteiger partial charge in [0.15, 0.2) is 17.5 Å². The van der Waals surface area contributed by atoms with E-state index in [1.807, 2.05) is 60.7 Å². The molecule has 0 unspecified atom stereocenters. The highest BCUT2D eigenvalue weighted by Crippen LogP contribution is 2.42. The number of benzene rings is 9. The lowest BCUT2D eigenvalue weighted by Gasteiger charge is -2.12. The van der Waals surface area contributed by atoms with Crippen molar-refractivity contribution in [1.82, 2.24) is 24.1 Å². The van der Waals surface area contributed by atoms with Crippen LogP contribution < -0.4 is 0 Å². The van der Waals surface area contributed by atoms with Gasteiger partial charge in [0.1, 0.15) is 22.3 Å².